The zero-order valence-corrected chi connectivity index (χ0v) is 12.9. The second-order valence-corrected chi connectivity index (χ2v) is 6.59. The van der Waals surface area contributed by atoms with E-state index >= 15 is 0 Å². The summed E-state index contributed by atoms with van der Waals surface area (Å²) < 4.78 is 26.4. The zero-order valence-electron chi connectivity index (χ0n) is 12.9. The fourth-order valence-electron chi connectivity index (χ4n) is 3.88. The third-order valence-electron chi connectivity index (χ3n) is 5.14. The Labute approximate surface area is 129 Å². The van der Waals surface area contributed by atoms with Gasteiger partial charge in [-0.15, -0.1) is 0 Å². The summed E-state index contributed by atoms with van der Waals surface area (Å²) in [6.45, 7) is 2.35. The smallest absolute Gasteiger partial charge is 0.222 e. The van der Waals surface area contributed by atoms with Gasteiger partial charge in [0.05, 0.1) is 5.54 Å². The molecule has 120 valence electrons. The van der Waals surface area contributed by atoms with Gasteiger partial charge in [-0.05, 0) is 49.9 Å². The van der Waals surface area contributed by atoms with Crippen LogP contribution < -0.4 is 0 Å². The number of halogens is 2. The Bertz CT molecular complexity index is 574. The average molecular weight is 308 g/mol. The largest absolute Gasteiger partial charge is 0.339 e. The summed E-state index contributed by atoms with van der Waals surface area (Å²) in [7, 11) is 1.91. The van der Waals surface area contributed by atoms with Crippen molar-refractivity contribution in [3.8, 4) is 0 Å². The normalized spacial score (nSPS) is 26.7. The number of amides is 1. The van der Waals surface area contributed by atoms with Gasteiger partial charge < -0.3 is 4.90 Å². The van der Waals surface area contributed by atoms with Crippen molar-refractivity contribution < 1.29 is 13.6 Å². The first kappa shape index (κ1) is 15.4. The first-order chi connectivity index (χ1) is 10.5. The van der Waals surface area contributed by atoms with Crippen LogP contribution in [0.1, 0.15) is 37.7 Å². The number of carbonyl (C=O) groups excluding carboxylic acids is 1. The Kier molecular flexibility index (Phi) is 4.17. The lowest BCUT2D eigenvalue weighted by Gasteiger charge is -2.50. The number of rotatable bonds is 2. The third kappa shape index (κ3) is 2.86. The van der Waals surface area contributed by atoms with E-state index in [2.05, 4.69) is 4.90 Å². The molecule has 3 rings (SSSR count). The molecule has 1 aromatic rings. The van der Waals surface area contributed by atoms with Crippen LogP contribution in [0.2, 0.25) is 0 Å². The van der Waals surface area contributed by atoms with Crippen LogP contribution in [-0.2, 0) is 11.3 Å². The molecule has 0 aliphatic carbocycles. The lowest BCUT2D eigenvalue weighted by Crippen LogP contribution is -2.60. The summed E-state index contributed by atoms with van der Waals surface area (Å²) in [5, 5.41) is 0. The highest BCUT2D eigenvalue weighted by Crippen LogP contribution is 2.36. The van der Waals surface area contributed by atoms with E-state index in [-0.39, 0.29) is 11.4 Å². The summed E-state index contributed by atoms with van der Waals surface area (Å²) in [6, 6.07) is 4.09. The Balaban J connectivity index is 1.72. The number of hydrogen-bond donors (Lipinski definition) is 0. The Morgan fingerprint density at radius 2 is 1.95 bits per heavy atom. The van der Waals surface area contributed by atoms with Crippen molar-refractivity contribution in [2.75, 3.05) is 20.1 Å². The van der Waals surface area contributed by atoms with Crippen molar-refractivity contribution in [2.24, 2.45) is 0 Å². The van der Waals surface area contributed by atoms with Gasteiger partial charge in [-0.3, -0.25) is 9.69 Å². The zero-order chi connectivity index (χ0) is 15.7. The van der Waals surface area contributed by atoms with E-state index in [1.807, 2.05) is 11.9 Å². The summed E-state index contributed by atoms with van der Waals surface area (Å²) in [5.74, 6) is -1.38. The van der Waals surface area contributed by atoms with Gasteiger partial charge in [-0.25, -0.2) is 8.78 Å². The lowest BCUT2D eigenvalue weighted by atomic mass is 9.80. The maximum absolute atomic E-state index is 13.3. The van der Waals surface area contributed by atoms with E-state index in [1.165, 1.54) is 12.1 Å². The molecule has 2 fully saturated rings. The number of carbonyl (C=O) groups is 1. The summed E-state index contributed by atoms with van der Waals surface area (Å²) in [5.41, 5.74) is 0.701. The maximum atomic E-state index is 13.3. The van der Waals surface area contributed by atoms with Gasteiger partial charge in [0, 0.05) is 26.6 Å². The van der Waals surface area contributed by atoms with Crippen molar-refractivity contribution in [1.29, 1.82) is 0 Å². The molecule has 0 aromatic heterocycles. The maximum Gasteiger partial charge on any atom is 0.222 e. The highest BCUT2D eigenvalue weighted by atomic mass is 19.2. The van der Waals surface area contributed by atoms with Crippen LogP contribution in [0.3, 0.4) is 0 Å². The van der Waals surface area contributed by atoms with Crippen LogP contribution in [-0.4, -0.2) is 41.4 Å². The fourth-order valence-corrected chi connectivity index (χ4v) is 3.88. The molecular weight excluding hydrogens is 286 g/mol. The second-order valence-electron chi connectivity index (χ2n) is 6.59. The highest BCUT2D eigenvalue weighted by Gasteiger charge is 2.43. The van der Waals surface area contributed by atoms with Gasteiger partial charge in [0.1, 0.15) is 0 Å². The van der Waals surface area contributed by atoms with E-state index in [0.717, 1.165) is 44.3 Å². The van der Waals surface area contributed by atoms with Crippen LogP contribution in [0, 0.1) is 11.6 Å². The van der Waals surface area contributed by atoms with Gasteiger partial charge in [0.25, 0.3) is 0 Å². The minimum absolute atomic E-state index is 0.0772. The number of benzene rings is 1. The SMILES string of the molecule is CN1C(=O)CCCC12CCCN(Cc1ccc(F)c(F)c1)C2. The number of nitrogens with zero attached hydrogens (tertiary/aromatic N) is 2. The molecule has 1 atom stereocenters. The molecule has 0 bridgehead atoms. The monoisotopic (exact) mass is 308 g/mol. The number of piperidine rings is 2. The lowest BCUT2D eigenvalue weighted by molar-refractivity contribution is -0.142. The van der Waals surface area contributed by atoms with Crippen molar-refractivity contribution in [3.05, 3.63) is 35.4 Å². The average Bonchev–Trinajstić information content (AvgIpc) is 2.49. The minimum Gasteiger partial charge on any atom is -0.339 e. The van der Waals surface area contributed by atoms with Gasteiger partial charge in [0.2, 0.25) is 5.91 Å². The molecule has 0 saturated carbocycles. The fraction of sp³-hybridized carbons (Fsp3) is 0.588. The van der Waals surface area contributed by atoms with Crippen LogP contribution in [0.15, 0.2) is 18.2 Å². The Morgan fingerprint density at radius 1 is 1.18 bits per heavy atom. The highest BCUT2D eigenvalue weighted by molar-refractivity contribution is 5.77. The molecule has 5 heteroatoms. The molecule has 1 aromatic carbocycles. The number of likely N-dealkylation sites (tertiary alicyclic amines) is 2. The van der Waals surface area contributed by atoms with Crippen LogP contribution in [0.4, 0.5) is 8.78 Å². The van der Waals surface area contributed by atoms with Crippen molar-refractivity contribution in [3.63, 3.8) is 0 Å². The molecule has 22 heavy (non-hydrogen) atoms. The summed E-state index contributed by atoms with van der Waals surface area (Å²) in [6.07, 6.45) is 4.68. The van der Waals surface area contributed by atoms with E-state index in [9.17, 15) is 13.6 Å². The van der Waals surface area contributed by atoms with Gasteiger partial charge in [-0.2, -0.15) is 0 Å². The molecule has 2 aliphatic heterocycles. The predicted octanol–water partition coefficient (Wildman–Crippen LogP) is 2.94. The summed E-state index contributed by atoms with van der Waals surface area (Å²) >= 11 is 0. The standard InChI is InChI=1S/C17H22F2N2O/c1-20-16(22)4-2-7-17(20)8-3-9-21(12-17)11-13-5-6-14(18)15(19)10-13/h5-6,10H,2-4,7-9,11-12H2,1H3. The van der Waals surface area contributed by atoms with Crippen molar-refractivity contribution in [1.82, 2.24) is 9.80 Å². The van der Waals surface area contributed by atoms with Gasteiger partial charge in [0.15, 0.2) is 11.6 Å². The molecule has 0 radical (unpaired) electrons. The number of likely N-dealkylation sites (N-methyl/N-ethyl adjacent to an activating group) is 1. The van der Waals surface area contributed by atoms with E-state index in [0.29, 0.717) is 13.0 Å². The van der Waals surface area contributed by atoms with Crippen LogP contribution >= 0.6 is 0 Å². The molecule has 2 heterocycles. The van der Waals surface area contributed by atoms with Crippen LogP contribution in [0.25, 0.3) is 0 Å². The quantitative estimate of drug-likeness (QED) is 0.838. The van der Waals surface area contributed by atoms with E-state index in [4.69, 9.17) is 0 Å². The van der Waals surface area contributed by atoms with E-state index < -0.39 is 11.6 Å². The van der Waals surface area contributed by atoms with Crippen molar-refractivity contribution in [2.45, 2.75) is 44.2 Å². The van der Waals surface area contributed by atoms with Crippen LogP contribution in [0.5, 0.6) is 0 Å². The minimum atomic E-state index is -0.809. The molecule has 2 saturated heterocycles. The Morgan fingerprint density at radius 3 is 2.73 bits per heavy atom. The Hall–Kier alpha value is -1.49. The van der Waals surface area contributed by atoms with Gasteiger partial charge in [-0.1, -0.05) is 6.07 Å². The van der Waals surface area contributed by atoms with E-state index in [1.54, 1.807) is 6.07 Å². The molecule has 1 unspecified atom stereocenters. The molecule has 0 N–H and O–H groups in total. The second kappa shape index (κ2) is 5.95. The molecular formula is C17H22F2N2O. The van der Waals surface area contributed by atoms with Gasteiger partial charge >= 0.3 is 0 Å². The molecule has 1 amide bonds. The topological polar surface area (TPSA) is 23.6 Å². The molecule has 2 aliphatic rings. The summed E-state index contributed by atoms with van der Waals surface area (Å²) in [4.78, 5) is 16.2. The predicted molar refractivity (Wildman–Crippen MR) is 80.2 cm³/mol. The first-order valence-electron chi connectivity index (χ1n) is 7.93. The molecule has 1 spiro atoms. The third-order valence-corrected chi connectivity index (χ3v) is 5.14. The molecule has 3 nitrogen and oxygen atoms in total. The number of hydrogen-bond acceptors (Lipinski definition) is 2. The first-order valence-corrected chi connectivity index (χ1v) is 7.93. The van der Waals surface area contributed by atoms with Crippen molar-refractivity contribution >= 4 is 5.91 Å².